The van der Waals surface area contributed by atoms with Crippen LogP contribution < -0.4 is 14.9 Å². The van der Waals surface area contributed by atoms with E-state index in [4.69, 9.17) is 0 Å². The predicted molar refractivity (Wildman–Crippen MR) is 84.3 cm³/mol. The van der Waals surface area contributed by atoms with Crippen molar-refractivity contribution >= 4 is 27.3 Å². The molecule has 0 radical (unpaired) electrons. The third-order valence-electron chi connectivity index (χ3n) is 3.66. The molecule has 0 bridgehead atoms. The minimum Gasteiger partial charge on any atom is -0.360 e. The molecular formula is C15H12F3N3O3S. The second-order valence-corrected chi connectivity index (χ2v) is 7.13. The van der Waals surface area contributed by atoms with Crippen LogP contribution >= 0.6 is 0 Å². The fourth-order valence-corrected chi connectivity index (χ4v) is 3.66. The van der Waals surface area contributed by atoms with Crippen molar-refractivity contribution in [3.8, 4) is 0 Å². The van der Waals surface area contributed by atoms with Crippen molar-refractivity contribution < 1.29 is 26.4 Å². The zero-order valence-corrected chi connectivity index (χ0v) is 13.6. The molecule has 6 nitrogen and oxygen atoms in total. The molecule has 0 saturated heterocycles. The molecule has 0 atom stereocenters. The van der Waals surface area contributed by atoms with Crippen LogP contribution in [0.4, 0.5) is 24.5 Å². The smallest absolute Gasteiger partial charge is 0.255 e. The Morgan fingerprint density at radius 1 is 1.16 bits per heavy atom. The lowest BCUT2D eigenvalue weighted by molar-refractivity contribution is 0.102. The predicted octanol–water partition coefficient (Wildman–Crippen LogP) is 2.04. The molecule has 2 N–H and O–H groups in total. The number of nitrogens with one attached hydrogen (secondary N) is 2. The molecule has 0 aliphatic carbocycles. The average Bonchev–Trinajstić information content (AvgIpc) is 2.56. The van der Waals surface area contributed by atoms with E-state index >= 15 is 0 Å². The van der Waals surface area contributed by atoms with Crippen molar-refractivity contribution in [3.63, 3.8) is 0 Å². The van der Waals surface area contributed by atoms with E-state index in [9.17, 15) is 26.4 Å². The number of rotatable bonds is 2. The summed E-state index contributed by atoms with van der Waals surface area (Å²) in [5, 5.41) is 2.20. The van der Waals surface area contributed by atoms with Gasteiger partial charge in [0, 0.05) is 30.4 Å². The fourth-order valence-electron chi connectivity index (χ4n) is 2.36. The number of carbonyl (C=O) groups excluding carboxylic acids is 1. The molecule has 10 heteroatoms. The number of benzene rings is 2. The van der Waals surface area contributed by atoms with Crippen LogP contribution in [-0.4, -0.2) is 28.0 Å². The molecule has 132 valence electrons. The zero-order valence-electron chi connectivity index (χ0n) is 12.8. The molecule has 0 fully saturated rings. The Morgan fingerprint density at radius 2 is 1.80 bits per heavy atom. The van der Waals surface area contributed by atoms with E-state index in [-0.39, 0.29) is 22.8 Å². The lowest BCUT2D eigenvalue weighted by Crippen LogP contribution is -2.41. The first-order chi connectivity index (χ1) is 11.7. The van der Waals surface area contributed by atoms with Gasteiger partial charge in [0.25, 0.3) is 5.91 Å². The van der Waals surface area contributed by atoms with Crippen LogP contribution in [0.5, 0.6) is 0 Å². The second-order valence-electron chi connectivity index (χ2n) is 5.39. The number of hydrogen-bond donors (Lipinski definition) is 2. The lowest BCUT2D eigenvalue weighted by atomic mass is 10.1. The summed E-state index contributed by atoms with van der Waals surface area (Å²) >= 11 is 0. The maximum Gasteiger partial charge on any atom is 0.255 e. The van der Waals surface area contributed by atoms with Crippen molar-refractivity contribution in [3.05, 3.63) is 53.3 Å². The monoisotopic (exact) mass is 371 g/mol. The molecule has 2 aromatic carbocycles. The second kappa shape index (κ2) is 6.05. The highest BCUT2D eigenvalue weighted by Crippen LogP contribution is 2.29. The fraction of sp³-hybridized carbons (Fsp3) is 0.133. The number of anilines is 2. The molecule has 0 spiro atoms. The van der Waals surface area contributed by atoms with E-state index in [1.807, 2.05) is 0 Å². The van der Waals surface area contributed by atoms with Crippen molar-refractivity contribution in [1.29, 1.82) is 0 Å². The van der Waals surface area contributed by atoms with Crippen molar-refractivity contribution in [2.24, 2.45) is 0 Å². The van der Waals surface area contributed by atoms with Crippen LogP contribution in [0.1, 0.15) is 10.4 Å². The number of hydrogen-bond acceptors (Lipinski definition) is 4. The first-order valence-electron chi connectivity index (χ1n) is 7.00. The highest BCUT2D eigenvalue weighted by molar-refractivity contribution is 7.89. The van der Waals surface area contributed by atoms with Gasteiger partial charge in [0.05, 0.1) is 12.4 Å². The largest absolute Gasteiger partial charge is 0.360 e. The summed E-state index contributed by atoms with van der Waals surface area (Å²) in [6.07, 6.45) is 0. The Labute approximate surface area is 141 Å². The maximum absolute atomic E-state index is 13.2. The van der Waals surface area contributed by atoms with Gasteiger partial charge in [0.1, 0.15) is 4.90 Å². The molecule has 25 heavy (non-hydrogen) atoms. The van der Waals surface area contributed by atoms with Crippen LogP contribution in [0.2, 0.25) is 0 Å². The quantitative estimate of drug-likeness (QED) is 0.792. The molecular weight excluding hydrogens is 359 g/mol. The SMILES string of the molecule is CN1CNS(=O)(=O)c2cc(C(=O)Nc3cc(F)c(F)c(F)c3)ccc21. The molecule has 3 rings (SSSR count). The standard InChI is InChI=1S/C15H12F3N3O3S/c1-21-7-19-25(23,24)13-4-8(2-3-12(13)21)15(22)20-9-5-10(16)14(18)11(17)6-9/h2-6,19H,7H2,1H3,(H,20,22). The van der Waals surface area contributed by atoms with Crippen molar-refractivity contribution in [2.45, 2.75) is 4.90 Å². The number of sulfonamides is 1. The highest BCUT2D eigenvalue weighted by atomic mass is 32.2. The number of amides is 1. The average molecular weight is 371 g/mol. The Morgan fingerprint density at radius 3 is 2.44 bits per heavy atom. The third-order valence-corrected chi connectivity index (χ3v) is 5.07. The van der Waals surface area contributed by atoms with Crippen LogP contribution in [0.15, 0.2) is 35.2 Å². The molecule has 1 heterocycles. The normalized spacial score (nSPS) is 15.6. The molecule has 2 aromatic rings. The Balaban J connectivity index is 1.94. The van der Waals surface area contributed by atoms with E-state index < -0.39 is 33.4 Å². The van der Waals surface area contributed by atoms with E-state index in [0.29, 0.717) is 17.8 Å². The van der Waals surface area contributed by atoms with Gasteiger partial charge >= 0.3 is 0 Å². The summed E-state index contributed by atoms with van der Waals surface area (Å²) in [6, 6.07) is 5.23. The first-order valence-corrected chi connectivity index (χ1v) is 8.48. The minimum absolute atomic E-state index is 0.0374. The van der Waals surface area contributed by atoms with E-state index in [0.717, 1.165) is 6.07 Å². The highest BCUT2D eigenvalue weighted by Gasteiger charge is 2.27. The van der Waals surface area contributed by atoms with Gasteiger partial charge in [-0.15, -0.1) is 0 Å². The van der Waals surface area contributed by atoms with Gasteiger partial charge in [-0.2, -0.15) is 4.72 Å². The van der Waals surface area contributed by atoms with Gasteiger partial charge in [-0.05, 0) is 18.2 Å². The van der Waals surface area contributed by atoms with Gasteiger partial charge in [0.15, 0.2) is 17.5 Å². The zero-order chi connectivity index (χ0) is 18.4. The van der Waals surface area contributed by atoms with Crippen molar-refractivity contribution in [2.75, 3.05) is 23.9 Å². The van der Waals surface area contributed by atoms with Crippen LogP contribution in [0.3, 0.4) is 0 Å². The number of fused-ring (bicyclic) bond motifs is 1. The number of nitrogens with zero attached hydrogens (tertiary/aromatic N) is 1. The van der Waals surface area contributed by atoms with Gasteiger partial charge in [-0.1, -0.05) is 0 Å². The Hall–Kier alpha value is -2.59. The summed E-state index contributed by atoms with van der Waals surface area (Å²) in [6.45, 7) is 0.0923. The van der Waals surface area contributed by atoms with Gasteiger partial charge in [0.2, 0.25) is 10.0 Å². The molecule has 0 unspecified atom stereocenters. The number of halogens is 3. The van der Waals surface area contributed by atoms with Gasteiger partial charge in [-0.3, -0.25) is 4.79 Å². The molecule has 1 amide bonds. The molecule has 0 saturated carbocycles. The molecule has 1 aliphatic rings. The van der Waals surface area contributed by atoms with E-state index in [1.165, 1.54) is 12.1 Å². The maximum atomic E-state index is 13.2. The van der Waals surface area contributed by atoms with E-state index in [2.05, 4.69) is 10.0 Å². The Kier molecular flexibility index (Phi) is 4.17. The van der Waals surface area contributed by atoms with Gasteiger partial charge in [-0.25, -0.2) is 21.6 Å². The van der Waals surface area contributed by atoms with Gasteiger partial charge < -0.3 is 10.2 Å². The third kappa shape index (κ3) is 3.17. The molecule has 0 aromatic heterocycles. The summed E-state index contributed by atoms with van der Waals surface area (Å²) < 4.78 is 65.8. The topological polar surface area (TPSA) is 78.5 Å². The first kappa shape index (κ1) is 17.2. The van der Waals surface area contributed by atoms with E-state index in [1.54, 1.807) is 11.9 Å². The van der Waals surface area contributed by atoms with Crippen molar-refractivity contribution in [1.82, 2.24) is 4.72 Å². The summed E-state index contributed by atoms with van der Waals surface area (Å²) in [5.41, 5.74) is 0.0796. The lowest BCUT2D eigenvalue weighted by Gasteiger charge is -2.28. The molecule has 1 aliphatic heterocycles. The summed E-state index contributed by atoms with van der Waals surface area (Å²) in [7, 11) is -2.09. The van der Waals surface area contributed by atoms with Crippen LogP contribution in [0.25, 0.3) is 0 Å². The van der Waals surface area contributed by atoms with Crippen LogP contribution in [0, 0.1) is 17.5 Å². The number of carbonyl (C=O) groups is 1. The Bertz CT molecular complexity index is 956. The minimum atomic E-state index is -3.76. The summed E-state index contributed by atoms with van der Waals surface area (Å²) in [5.74, 6) is -5.34. The summed E-state index contributed by atoms with van der Waals surface area (Å²) in [4.78, 5) is 13.8. The van der Waals surface area contributed by atoms with Crippen LogP contribution in [-0.2, 0) is 10.0 Å².